The number of pyridine rings is 1. The van der Waals surface area contributed by atoms with E-state index in [2.05, 4.69) is 15.3 Å². The van der Waals surface area contributed by atoms with E-state index < -0.39 is 5.97 Å². The molecule has 0 radical (unpaired) electrons. The van der Waals surface area contributed by atoms with Crippen molar-refractivity contribution in [3.05, 3.63) is 33.9 Å². The molecule has 0 saturated carbocycles. The molecular formula is C11H12N4O2S. The molecule has 94 valence electrons. The molecule has 2 aromatic heterocycles. The molecule has 0 aliphatic rings. The van der Waals surface area contributed by atoms with Crippen LogP contribution in [0, 0.1) is 6.92 Å². The minimum Gasteiger partial charge on any atom is -0.478 e. The van der Waals surface area contributed by atoms with Crippen molar-refractivity contribution < 1.29 is 9.90 Å². The number of hydrogen-bond acceptors (Lipinski definition) is 6. The maximum absolute atomic E-state index is 10.7. The van der Waals surface area contributed by atoms with Crippen LogP contribution in [0.4, 0.5) is 11.5 Å². The number of carboxylic acid groups (broad SMARTS) is 1. The van der Waals surface area contributed by atoms with Gasteiger partial charge in [0.15, 0.2) is 0 Å². The Hall–Kier alpha value is -2.15. The fourth-order valence-electron chi connectivity index (χ4n) is 1.41. The van der Waals surface area contributed by atoms with Crippen LogP contribution < -0.4 is 11.1 Å². The van der Waals surface area contributed by atoms with Gasteiger partial charge in [0, 0.05) is 11.1 Å². The first kappa shape index (κ1) is 12.3. The van der Waals surface area contributed by atoms with Gasteiger partial charge in [0.1, 0.15) is 5.82 Å². The third-order valence-electron chi connectivity index (χ3n) is 2.43. The largest absolute Gasteiger partial charge is 0.478 e. The Morgan fingerprint density at radius 2 is 2.33 bits per heavy atom. The summed E-state index contributed by atoms with van der Waals surface area (Å²) in [7, 11) is 0. The molecule has 0 aromatic carbocycles. The topological polar surface area (TPSA) is 101 Å². The van der Waals surface area contributed by atoms with Crippen LogP contribution in [0.1, 0.15) is 20.9 Å². The van der Waals surface area contributed by atoms with Crippen molar-refractivity contribution in [1.82, 2.24) is 9.97 Å². The summed E-state index contributed by atoms with van der Waals surface area (Å²) >= 11 is 1.55. The highest BCUT2D eigenvalue weighted by atomic mass is 32.1. The lowest BCUT2D eigenvalue weighted by atomic mass is 10.2. The molecule has 2 heterocycles. The minimum atomic E-state index is -1.04. The second kappa shape index (κ2) is 5.01. The number of aromatic nitrogens is 2. The first-order valence-corrected chi connectivity index (χ1v) is 6.07. The van der Waals surface area contributed by atoms with Gasteiger partial charge in [0.2, 0.25) is 0 Å². The zero-order valence-electron chi connectivity index (χ0n) is 9.67. The molecule has 0 fully saturated rings. The number of rotatable bonds is 4. The Kier molecular flexibility index (Phi) is 3.42. The number of nitrogen functional groups attached to an aromatic ring is 1. The average molecular weight is 264 g/mol. The number of nitrogens with two attached hydrogens (primary N) is 1. The normalized spacial score (nSPS) is 10.3. The summed E-state index contributed by atoms with van der Waals surface area (Å²) in [5, 5.41) is 11.9. The van der Waals surface area contributed by atoms with Crippen molar-refractivity contribution in [2.75, 3.05) is 11.1 Å². The predicted octanol–water partition coefficient (Wildman–Crippen LogP) is 1.74. The van der Waals surface area contributed by atoms with Crippen LogP contribution in [0.2, 0.25) is 0 Å². The number of hydrogen-bond donors (Lipinski definition) is 3. The molecular weight excluding hydrogens is 252 g/mol. The lowest BCUT2D eigenvalue weighted by Gasteiger charge is -2.08. The Bertz CT molecular complexity index is 582. The van der Waals surface area contributed by atoms with E-state index in [1.807, 2.05) is 6.92 Å². The Morgan fingerprint density at radius 3 is 2.89 bits per heavy atom. The SMILES string of the molecule is Cc1ncsc1CNc1ncc(C(=O)O)cc1N. The standard InChI is InChI=1S/C11H12N4O2S/c1-6-9(18-5-15-6)4-14-10-8(12)2-7(3-13-10)11(16)17/h2-3,5H,4,12H2,1H3,(H,13,14)(H,16,17). The predicted molar refractivity (Wildman–Crippen MR) is 69.8 cm³/mol. The van der Waals surface area contributed by atoms with Gasteiger partial charge in [-0.15, -0.1) is 11.3 Å². The molecule has 0 aliphatic heterocycles. The van der Waals surface area contributed by atoms with Gasteiger partial charge in [0.05, 0.1) is 29.0 Å². The number of carbonyl (C=O) groups is 1. The summed E-state index contributed by atoms with van der Waals surface area (Å²) in [4.78, 5) is 20.0. The van der Waals surface area contributed by atoms with Crippen molar-refractivity contribution in [2.24, 2.45) is 0 Å². The average Bonchev–Trinajstić information content (AvgIpc) is 2.73. The quantitative estimate of drug-likeness (QED) is 0.777. The van der Waals surface area contributed by atoms with Crippen molar-refractivity contribution in [3.63, 3.8) is 0 Å². The van der Waals surface area contributed by atoms with Gasteiger partial charge >= 0.3 is 5.97 Å². The Morgan fingerprint density at radius 1 is 1.56 bits per heavy atom. The van der Waals surface area contributed by atoms with E-state index >= 15 is 0 Å². The van der Waals surface area contributed by atoms with Gasteiger partial charge in [-0.05, 0) is 13.0 Å². The van der Waals surface area contributed by atoms with Crippen LogP contribution in [-0.4, -0.2) is 21.0 Å². The molecule has 0 atom stereocenters. The van der Waals surface area contributed by atoms with Crippen molar-refractivity contribution >= 4 is 28.8 Å². The lowest BCUT2D eigenvalue weighted by Crippen LogP contribution is -2.07. The van der Waals surface area contributed by atoms with Gasteiger partial charge < -0.3 is 16.2 Å². The fourth-order valence-corrected chi connectivity index (χ4v) is 2.12. The highest BCUT2D eigenvalue weighted by Crippen LogP contribution is 2.19. The molecule has 18 heavy (non-hydrogen) atoms. The molecule has 0 bridgehead atoms. The maximum atomic E-state index is 10.7. The van der Waals surface area contributed by atoms with Gasteiger partial charge in [-0.1, -0.05) is 0 Å². The van der Waals surface area contributed by atoms with Gasteiger partial charge in [-0.3, -0.25) is 0 Å². The molecule has 0 unspecified atom stereocenters. The second-order valence-electron chi connectivity index (χ2n) is 3.68. The molecule has 0 amide bonds. The molecule has 7 heteroatoms. The zero-order valence-corrected chi connectivity index (χ0v) is 10.5. The smallest absolute Gasteiger partial charge is 0.337 e. The number of nitrogens with zero attached hydrogens (tertiary/aromatic N) is 2. The van der Waals surface area contributed by atoms with E-state index in [0.29, 0.717) is 18.1 Å². The van der Waals surface area contributed by atoms with Crippen LogP contribution in [0.3, 0.4) is 0 Å². The maximum Gasteiger partial charge on any atom is 0.337 e. The van der Waals surface area contributed by atoms with Crippen LogP contribution in [0.25, 0.3) is 0 Å². The Labute approximate surface area is 108 Å². The van der Waals surface area contributed by atoms with E-state index in [1.165, 1.54) is 12.3 Å². The number of anilines is 2. The third-order valence-corrected chi connectivity index (χ3v) is 3.36. The lowest BCUT2D eigenvalue weighted by molar-refractivity contribution is 0.0696. The first-order valence-electron chi connectivity index (χ1n) is 5.19. The van der Waals surface area contributed by atoms with Crippen molar-refractivity contribution in [2.45, 2.75) is 13.5 Å². The summed E-state index contributed by atoms with van der Waals surface area (Å²) in [5.74, 6) is -0.563. The van der Waals surface area contributed by atoms with Gasteiger partial charge in [0.25, 0.3) is 0 Å². The molecule has 2 aromatic rings. The molecule has 2 rings (SSSR count). The zero-order chi connectivity index (χ0) is 13.1. The van der Waals surface area contributed by atoms with E-state index in [1.54, 1.807) is 16.8 Å². The molecule has 0 aliphatic carbocycles. The van der Waals surface area contributed by atoms with E-state index in [-0.39, 0.29) is 5.56 Å². The first-order chi connectivity index (χ1) is 8.58. The Balaban J connectivity index is 2.11. The van der Waals surface area contributed by atoms with Gasteiger partial charge in [-0.2, -0.15) is 0 Å². The summed E-state index contributed by atoms with van der Waals surface area (Å²) in [6.07, 6.45) is 1.28. The number of aryl methyl sites for hydroxylation is 1. The summed E-state index contributed by atoms with van der Waals surface area (Å²) in [5.41, 5.74) is 8.87. The number of nitrogens with one attached hydrogen (secondary N) is 1. The highest BCUT2D eigenvalue weighted by molar-refractivity contribution is 7.09. The molecule has 4 N–H and O–H groups in total. The fraction of sp³-hybridized carbons (Fsp3) is 0.182. The third kappa shape index (κ3) is 2.57. The van der Waals surface area contributed by atoms with Crippen LogP contribution in [-0.2, 0) is 6.54 Å². The second-order valence-corrected chi connectivity index (χ2v) is 4.62. The van der Waals surface area contributed by atoms with Crippen molar-refractivity contribution in [1.29, 1.82) is 0 Å². The number of aromatic carboxylic acids is 1. The monoisotopic (exact) mass is 264 g/mol. The molecule has 0 spiro atoms. The van der Waals surface area contributed by atoms with Gasteiger partial charge in [-0.25, -0.2) is 14.8 Å². The molecule has 6 nitrogen and oxygen atoms in total. The van der Waals surface area contributed by atoms with Crippen molar-refractivity contribution in [3.8, 4) is 0 Å². The van der Waals surface area contributed by atoms with Crippen LogP contribution >= 0.6 is 11.3 Å². The van der Waals surface area contributed by atoms with Crippen LogP contribution in [0.5, 0.6) is 0 Å². The number of thiazole rings is 1. The summed E-state index contributed by atoms with van der Waals surface area (Å²) in [6.45, 7) is 2.50. The summed E-state index contributed by atoms with van der Waals surface area (Å²) < 4.78 is 0. The number of carboxylic acids is 1. The summed E-state index contributed by atoms with van der Waals surface area (Å²) in [6, 6.07) is 1.39. The van der Waals surface area contributed by atoms with E-state index in [4.69, 9.17) is 10.8 Å². The molecule has 0 saturated heterocycles. The van der Waals surface area contributed by atoms with E-state index in [9.17, 15) is 4.79 Å². The minimum absolute atomic E-state index is 0.0759. The van der Waals surface area contributed by atoms with Crippen LogP contribution in [0.15, 0.2) is 17.8 Å². The van der Waals surface area contributed by atoms with E-state index in [0.717, 1.165) is 10.6 Å². The highest BCUT2D eigenvalue weighted by Gasteiger charge is 2.08.